The zero-order valence-corrected chi connectivity index (χ0v) is 13.9. The first-order valence-corrected chi connectivity index (χ1v) is 8.27. The van der Waals surface area contributed by atoms with Crippen LogP contribution in [0.1, 0.15) is 24.8 Å². The van der Waals surface area contributed by atoms with Crippen molar-refractivity contribution in [2.75, 3.05) is 29.9 Å². The van der Waals surface area contributed by atoms with Gasteiger partial charge in [0, 0.05) is 19.2 Å². The third kappa shape index (κ3) is 4.22. The summed E-state index contributed by atoms with van der Waals surface area (Å²) in [5.41, 5.74) is 1.000. The molecule has 126 valence electrons. The van der Waals surface area contributed by atoms with Crippen LogP contribution >= 0.6 is 0 Å². The van der Waals surface area contributed by atoms with Crippen molar-refractivity contribution >= 4 is 17.5 Å². The van der Waals surface area contributed by atoms with Gasteiger partial charge in [-0.3, -0.25) is 4.79 Å². The van der Waals surface area contributed by atoms with Gasteiger partial charge in [0.25, 0.3) is 5.91 Å². The Hall–Kier alpha value is -2.63. The van der Waals surface area contributed by atoms with E-state index in [4.69, 9.17) is 4.74 Å². The summed E-state index contributed by atoms with van der Waals surface area (Å²) in [5, 5.41) is 2.77. The Balaban J connectivity index is 1.57. The summed E-state index contributed by atoms with van der Waals surface area (Å²) in [6.07, 6.45) is 5.11. The normalized spacial score (nSPS) is 14.3. The summed E-state index contributed by atoms with van der Waals surface area (Å²) in [7, 11) is 0. The van der Waals surface area contributed by atoms with Gasteiger partial charge in [0.2, 0.25) is 0 Å². The Morgan fingerprint density at radius 3 is 2.79 bits per heavy atom. The molecule has 24 heavy (non-hydrogen) atoms. The van der Waals surface area contributed by atoms with Gasteiger partial charge in [-0.05, 0) is 37.8 Å². The van der Waals surface area contributed by atoms with E-state index in [-0.39, 0.29) is 12.5 Å². The van der Waals surface area contributed by atoms with Crippen molar-refractivity contribution in [1.82, 2.24) is 9.97 Å². The number of hydrogen-bond donors (Lipinski definition) is 1. The van der Waals surface area contributed by atoms with E-state index in [0.29, 0.717) is 11.6 Å². The van der Waals surface area contributed by atoms with E-state index in [9.17, 15) is 4.79 Å². The number of rotatable bonds is 5. The molecule has 0 saturated carbocycles. The Morgan fingerprint density at radius 1 is 1.21 bits per heavy atom. The Labute approximate surface area is 141 Å². The van der Waals surface area contributed by atoms with Crippen LogP contribution in [0.2, 0.25) is 0 Å². The smallest absolute Gasteiger partial charge is 0.263 e. The molecule has 0 atom stereocenters. The van der Waals surface area contributed by atoms with E-state index >= 15 is 0 Å². The van der Waals surface area contributed by atoms with Gasteiger partial charge in [-0.1, -0.05) is 18.2 Å². The van der Waals surface area contributed by atoms with Crippen molar-refractivity contribution in [3.05, 3.63) is 42.2 Å². The number of nitrogens with one attached hydrogen (secondary N) is 1. The molecule has 1 amide bonds. The summed E-state index contributed by atoms with van der Waals surface area (Å²) in [4.78, 5) is 22.7. The lowest BCUT2D eigenvalue weighted by molar-refractivity contribution is -0.118. The highest BCUT2D eigenvalue weighted by Crippen LogP contribution is 2.19. The second-order valence-electron chi connectivity index (χ2n) is 5.91. The average Bonchev–Trinajstić information content (AvgIpc) is 2.62. The minimum Gasteiger partial charge on any atom is -0.483 e. The van der Waals surface area contributed by atoms with Gasteiger partial charge in [-0.2, -0.15) is 0 Å². The predicted molar refractivity (Wildman–Crippen MR) is 93.4 cm³/mol. The molecule has 0 unspecified atom stereocenters. The van der Waals surface area contributed by atoms with Crippen molar-refractivity contribution in [2.45, 2.75) is 26.2 Å². The average molecular weight is 326 g/mol. The van der Waals surface area contributed by atoms with Crippen molar-refractivity contribution in [1.29, 1.82) is 0 Å². The molecule has 1 aromatic carbocycles. The van der Waals surface area contributed by atoms with Crippen molar-refractivity contribution in [3.8, 4) is 5.75 Å². The Morgan fingerprint density at radius 2 is 2.00 bits per heavy atom. The fraction of sp³-hybridized carbons (Fsp3) is 0.389. The summed E-state index contributed by atoms with van der Waals surface area (Å²) in [6.45, 7) is 3.90. The second-order valence-corrected chi connectivity index (χ2v) is 5.91. The Kier molecular flexibility index (Phi) is 5.25. The van der Waals surface area contributed by atoms with E-state index in [1.165, 1.54) is 25.6 Å². The van der Waals surface area contributed by atoms with E-state index in [2.05, 4.69) is 20.2 Å². The summed E-state index contributed by atoms with van der Waals surface area (Å²) < 4.78 is 5.55. The molecule has 0 radical (unpaired) electrons. The largest absolute Gasteiger partial charge is 0.483 e. The first-order chi connectivity index (χ1) is 11.7. The molecule has 1 saturated heterocycles. The number of nitrogens with zero attached hydrogens (tertiary/aromatic N) is 3. The number of anilines is 2. The van der Waals surface area contributed by atoms with Crippen LogP contribution in [0.25, 0.3) is 0 Å². The van der Waals surface area contributed by atoms with E-state index < -0.39 is 0 Å². The maximum atomic E-state index is 12.1. The van der Waals surface area contributed by atoms with Crippen LogP contribution in [0, 0.1) is 6.92 Å². The minimum atomic E-state index is -0.235. The van der Waals surface area contributed by atoms with Gasteiger partial charge >= 0.3 is 0 Å². The molecule has 2 heterocycles. The van der Waals surface area contributed by atoms with Crippen molar-refractivity contribution < 1.29 is 9.53 Å². The maximum absolute atomic E-state index is 12.1. The highest BCUT2D eigenvalue weighted by Gasteiger charge is 2.13. The third-order valence-electron chi connectivity index (χ3n) is 4.05. The lowest BCUT2D eigenvalue weighted by atomic mass is 10.1. The fourth-order valence-electron chi connectivity index (χ4n) is 2.75. The molecule has 1 aliphatic rings. The SMILES string of the molecule is Cc1ccccc1OCC(=O)Nc1cc(N2CCCCC2)ncn1. The zero-order valence-electron chi connectivity index (χ0n) is 13.9. The molecule has 6 heteroatoms. The van der Waals surface area contributed by atoms with Gasteiger partial charge in [-0.15, -0.1) is 0 Å². The van der Waals surface area contributed by atoms with Gasteiger partial charge in [-0.25, -0.2) is 9.97 Å². The highest BCUT2D eigenvalue weighted by atomic mass is 16.5. The molecule has 1 N–H and O–H groups in total. The standard InChI is InChI=1S/C18H22N4O2/c1-14-7-3-4-8-15(14)24-12-18(23)21-16-11-17(20-13-19-16)22-9-5-2-6-10-22/h3-4,7-8,11,13H,2,5-6,9-10,12H2,1H3,(H,19,20,21,23). The van der Waals surface area contributed by atoms with Gasteiger partial charge in [0.05, 0.1) is 0 Å². The number of aryl methyl sites for hydroxylation is 1. The predicted octanol–water partition coefficient (Wildman–Crippen LogP) is 2.79. The number of ether oxygens (including phenoxy) is 1. The van der Waals surface area contributed by atoms with E-state index in [1.807, 2.05) is 37.3 Å². The van der Waals surface area contributed by atoms with Crippen LogP contribution in [-0.2, 0) is 4.79 Å². The van der Waals surface area contributed by atoms with Crippen LogP contribution in [0.3, 0.4) is 0 Å². The molecule has 1 aromatic heterocycles. The molecule has 0 spiro atoms. The monoisotopic (exact) mass is 326 g/mol. The number of piperidine rings is 1. The van der Waals surface area contributed by atoms with E-state index in [1.54, 1.807) is 0 Å². The molecule has 0 bridgehead atoms. The molecular formula is C18H22N4O2. The molecule has 3 rings (SSSR count). The number of benzene rings is 1. The maximum Gasteiger partial charge on any atom is 0.263 e. The van der Waals surface area contributed by atoms with Gasteiger partial charge in [0.1, 0.15) is 23.7 Å². The van der Waals surface area contributed by atoms with Crippen LogP contribution in [0.5, 0.6) is 5.75 Å². The van der Waals surface area contributed by atoms with E-state index in [0.717, 1.165) is 24.5 Å². The lowest BCUT2D eigenvalue weighted by Crippen LogP contribution is -2.30. The van der Waals surface area contributed by atoms with Crippen LogP contribution in [-0.4, -0.2) is 35.6 Å². The molecular weight excluding hydrogens is 304 g/mol. The van der Waals surface area contributed by atoms with Crippen LogP contribution in [0.15, 0.2) is 36.7 Å². The van der Waals surface area contributed by atoms with Crippen molar-refractivity contribution in [2.24, 2.45) is 0 Å². The fourth-order valence-corrected chi connectivity index (χ4v) is 2.75. The molecule has 1 aliphatic heterocycles. The quantitative estimate of drug-likeness (QED) is 0.915. The first kappa shape index (κ1) is 16.2. The molecule has 1 fully saturated rings. The minimum absolute atomic E-state index is 0.0477. The molecule has 0 aliphatic carbocycles. The van der Waals surface area contributed by atoms with Crippen molar-refractivity contribution in [3.63, 3.8) is 0 Å². The summed E-state index contributed by atoms with van der Waals surface area (Å²) in [6, 6.07) is 9.43. The summed E-state index contributed by atoms with van der Waals surface area (Å²) >= 11 is 0. The van der Waals surface area contributed by atoms with Crippen LogP contribution in [0.4, 0.5) is 11.6 Å². The summed E-state index contributed by atoms with van der Waals surface area (Å²) in [5.74, 6) is 1.84. The molecule has 2 aromatic rings. The highest BCUT2D eigenvalue weighted by molar-refractivity contribution is 5.91. The lowest BCUT2D eigenvalue weighted by Gasteiger charge is -2.27. The first-order valence-electron chi connectivity index (χ1n) is 8.27. The zero-order chi connectivity index (χ0) is 16.8. The third-order valence-corrected chi connectivity index (χ3v) is 4.05. The number of amides is 1. The topological polar surface area (TPSA) is 67.3 Å². The van der Waals surface area contributed by atoms with Crippen LogP contribution < -0.4 is 15.0 Å². The van der Waals surface area contributed by atoms with Gasteiger partial charge in [0.15, 0.2) is 6.61 Å². The number of hydrogen-bond acceptors (Lipinski definition) is 5. The number of carbonyl (C=O) groups excluding carboxylic acids is 1. The van der Waals surface area contributed by atoms with Gasteiger partial charge < -0.3 is 15.0 Å². The number of para-hydroxylation sites is 1. The number of aromatic nitrogens is 2. The Bertz CT molecular complexity index is 699. The molecule has 6 nitrogen and oxygen atoms in total. The second kappa shape index (κ2) is 7.77. The number of carbonyl (C=O) groups is 1.